The number of hydrogen-bond acceptors (Lipinski definition) is 5. The minimum atomic E-state index is -4.09. The van der Waals surface area contributed by atoms with Crippen molar-refractivity contribution in [3.05, 3.63) is 59.7 Å². The third-order valence-corrected chi connectivity index (χ3v) is 4.42. The normalized spacial score (nSPS) is 16.5. The number of Topliss-reactive ketones (excluding diaryl/α,β-unsaturated/α-hetero) is 2. The van der Waals surface area contributed by atoms with Crippen LogP contribution in [0.5, 0.6) is 0 Å². The Labute approximate surface area is 132 Å². The summed E-state index contributed by atoms with van der Waals surface area (Å²) in [5.74, 6) is -0.951. The number of hydrogen-bond donors (Lipinski definition) is 1. The molecule has 6 nitrogen and oxygen atoms in total. The van der Waals surface area contributed by atoms with E-state index < -0.39 is 21.6 Å². The maximum Gasteiger partial charge on any atom is 0.238 e. The van der Waals surface area contributed by atoms with Crippen molar-refractivity contribution >= 4 is 33.0 Å². The molecule has 0 saturated carbocycles. The van der Waals surface area contributed by atoms with Crippen molar-refractivity contribution in [3.8, 4) is 0 Å². The van der Waals surface area contributed by atoms with E-state index >= 15 is 0 Å². The Morgan fingerprint density at radius 3 is 2.30 bits per heavy atom. The molecule has 0 bridgehead atoms. The molecule has 0 saturated heterocycles. The zero-order valence-electron chi connectivity index (χ0n) is 11.9. The third-order valence-electron chi connectivity index (χ3n) is 3.47. The molecule has 0 fully saturated rings. The van der Waals surface area contributed by atoms with Crippen LogP contribution in [-0.2, 0) is 10.0 Å². The Hall–Kier alpha value is -2.64. The van der Waals surface area contributed by atoms with Gasteiger partial charge in [-0.05, 0) is 18.2 Å². The van der Waals surface area contributed by atoms with E-state index in [4.69, 9.17) is 5.14 Å². The highest BCUT2D eigenvalue weighted by molar-refractivity contribution is 7.89. The lowest BCUT2D eigenvalue weighted by Gasteiger charge is -2.17. The topological polar surface area (TPSA) is 107 Å². The lowest BCUT2D eigenvalue weighted by molar-refractivity contribution is 0.0962. The number of nitrogens with two attached hydrogens (primary N) is 1. The van der Waals surface area contributed by atoms with E-state index in [-0.39, 0.29) is 28.2 Å². The van der Waals surface area contributed by atoms with Crippen molar-refractivity contribution in [1.82, 2.24) is 0 Å². The maximum absolute atomic E-state index is 12.5. The zero-order chi connectivity index (χ0) is 16.6. The van der Waals surface area contributed by atoms with E-state index in [9.17, 15) is 18.0 Å². The molecule has 0 spiro atoms. The van der Waals surface area contributed by atoms with Crippen LogP contribution in [0.3, 0.4) is 0 Å². The lowest BCUT2D eigenvalue weighted by Crippen LogP contribution is -2.30. The monoisotopic (exact) mass is 328 g/mol. The van der Waals surface area contributed by atoms with Gasteiger partial charge in [0.1, 0.15) is 0 Å². The number of para-hydroxylation sites is 1. The van der Waals surface area contributed by atoms with Crippen LogP contribution in [0.4, 0.5) is 5.69 Å². The summed E-state index contributed by atoms with van der Waals surface area (Å²) in [6.07, 6.45) is -0.257. The molecule has 116 valence electrons. The highest BCUT2D eigenvalue weighted by atomic mass is 32.2. The van der Waals surface area contributed by atoms with E-state index in [1.807, 2.05) is 6.07 Å². The van der Waals surface area contributed by atoms with Crippen molar-refractivity contribution < 1.29 is 18.0 Å². The number of sulfonamides is 1. The second-order valence-corrected chi connectivity index (χ2v) is 6.58. The van der Waals surface area contributed by atoms with Gasteiger partial charge in [0.2, 0.25) is 15.8 Å². The molecule has 23 heavy (non-hydrogen) atoms. The minimum Gasteiger partial charge on any atom is -0.294 e. The Morgan fingerprint density at radius 2 is 1.65 bits per heavy atom. The molecule has 2 aromatic rings. The molecular formula is C16H12N2O4S. The van der Waals surface area contributed by atoms with Gasteiger partial charge in [0.15, 0.2) is 5.78 Å². The van der Waals surface area contributed by atoms with Gasteiger partial charge in [0.25, 0.3) is 0 Å². The molecule has 7 heteroatoms. The van der Waals surface area contributed by atoms with Crippen molar-refractivity contribution in [3.63, 3.8) is 0 Å². The lowest BCUT2D eigenvalue weighted by atomic mass is 9.88. The summed E-state index contributed by atoms with van der Waals surface area (Å²) < 4.78 is 23.2. The number of fused-ring (bicyclic) bond motifs is 1. The summed E-state index contributed by atoms with van der Waals surface area (Å²) in [6.45, 7) is 0. The van der Waals surface area contributed by atoms with Crippen LogP contribution in [-0.4, -0.2) is 25.7 Å². The molecular weight excluding hydrogens is 316 g/mol. The number of aliphatic imine (C=N–C) groups is 1. The first kappa shape index (κ1) is 15.3. The highest BCUT2D eigenvalue weighted by Gasteiger charge is 2.33. The summed E-state index contributed by atoms with van der Waals surface area (Å²) in [6, 6.07) is 12.8. The molecule has 0 amide bonds. The van der Waals surface area contributed by atoms with Crippen LogP contribution in [0.15, 0.2) is 58.4 Å². The molecule has 0 heterocycles. The Morgan fingerprint density at radius 1 is 0.957 bits per heavy atom. The van der Waals surface area contributed by atoms with Gasteiger partial charge < -0.3 is 0 Å². The van der Waals surface area contributed by atoms with E-state index in [1.165, 1.54) is 18.2 Å². The number of benzene rings is 2. The van der Waals surface area contributed by atoms with Gasteiger partial charge in [-0.15, -0.1) is 0 Å². The SMILES string of the molecule is NS(=O)(=O)c1cccc2c1C(=O)CC(=Nc1ccccc1)C2=O. The van der Waals surface area contributed by atoms with Gasteiger partial charge in [0, 0.05) is 11.1 Å². The van der Waals surface area contributed by atoms with Gasteiger partial charge in [-0.2, -0.15) is 0 Å². The fourth-order valence-electron chi connectivity index (χ4n) is 2.47. The van der Waals surface area contributed by atoms with E-state index in [0.29, 0.717) is 5.69 Å². The standard InChI is InChI=1S/C16H12N2O4S/c17-23(21,22)14-8-4-7-11-15(14)13(19)9-12(16(11)20)18-10-5-2-1-3-6-10/h1-8H,9H2,(H2,17,21,22). The van der Waals surface area contributed by atoms with Crippen molar-refractivity contribution in [2.45, 2.75) is 11.3 Å². The molecule has 0 atom stereocenters. The number of carbonyl (C=O) groups excluding carboxylic acids is 2. The van der Waals surface area contributed by atoms with Gasteiger partial charge in [-0.1, -0.05) is 30.3 Å². The van der Waals surface area contributed by atoms with Crippen LogP contribution in [0, 0.1) is 0 Å². The minimum absolute atomic E-state index is 0.0162. The second-order valence-electron chi connectivity index (χ2n) is 5.05. The highest BCUT2D eigenvalue weighted by Crippen LogP contribution is 2.27. The Kier molecular flexibility index (Phi) is 3.67. The van der Waals surface area contributed by atoms with E-state index in [1.54, 1.807) is 24.3 Å². The second kappa shape index (κ2) is 5.53. The van der Waals surface area contributed by atoms with E-state index in [2.05, 4.69) is 4.99 Å². The number of ketones is 2. The largest absolute Gasteiger partial charge is 0.294 e. The molecule has 0 radical (unpaired) electrons. The molecule has 3 rings (SSSR count). The van der Waals surface area contributed by atoms with Crippen molar-refractivity contribution in [2.24, 2.45) is 10.1 Å². The summed E-state index contributed by atoms with van der Waals surface area (Å²) >= 11 is 0. The van der Waals surface area contributed by atoms with Gasteiger partial charge >= 0.3 is 0 Å². The fraction of sp³-hybridized carbons (Fsp3) is 0.0625. The summed E-state index contributed by atoms with van der Waals surface area (Å²) in [5.41, 5.74) is 0.504. The molecule has 2 N–H and O–H groups in total. The molecule has 1 aliphatic carbocycles. The molecule has 0 unspecified atom stereocenters. The van der Waals surface area contributed by atoms with Gasteiger partial charge in [0.05, 0.1) is 22.7 Å². The summed E-state index contributed by atoms with van der Waals surface area (Å²) in [7, 11) is -4.09. The number of rotatable bonds is 2. The molecule has 0 aromatic heterocycles. The average molecular weight is 328 g/mol. The van der Waals surface area contributed by atoms with Crippen molar-refractivity contribution in [1.29, 1.82) is 0 Å². The zero-order valence-corrected chi connectivity index (χ0v) is 12.7. The number of nitrogens with zero attached hydrogens (tertiary/aromatic N) is 1. The summed E-state index contributed by atoms with van der Waals surface area (Å²) in [4.78, 5) is 28.8. The molecule has 2 aromatic carbocycles. The first-order valence-electron chi connectivity index (χ1n) is 6.74. The van der Waals surface area contributed by atoms with Crippen LogP contribution in [0.2, 0.25) is 0 Å². The first-order valence-corrected chi connectivity index (χ1v) is 8.29. The van der Waals surface area contributed by atoms with Crippen LogP contribution in [0.25, 0.3) is 0 Å². The Balaban J connectivity index is 2.15. The predicted octanol–water partition coefficient (Wildman–Crippen LogP) is 1.88. The van der Waals surface area contributed by atoms with Gasteiger partial charge in [-0.3, -0.25) is 9.59 Å². The van der Waals surface area contributed by atoms with E-state index in [0.717, 1.165) is 0 Å². The smallest absolute Gasteiger partial charge is 0.238 e. The quantitative estimate of drug-likeness (QED) is 0.908. The van der Waals surface area contributed by atoms with Crippen LogP contribution in [0.1, 0.15) is 27.1 Å². The van der Waals surface area contributed by atoms with Crippen molar-refractivity contribution in [2.75, 3.05) is 0 Å². The molecule has 0 aliphatic heterocycles. The maximum atomic E-state index is 12.5. The number of carbonyl (C=O) groups is 2. The fourth-order valence-corrected chi connectivity index (χ4v) is 3.25. The third kappa shape index (κ3) is 2.84. The average Bonchev–Trinajstić information content (AvgIpc) is 2.52. The van der Waals surface area contributed by atoms with Crippen LogP contribution < -0.4 is 5.14 Å². The molecule has 1 aliphatic rings. The van der Waals surface area contributed by atoms with Gasteiger partial charge in [-0.25, -0.2) is 18.5 Å². The number of primary sulfonamides is 1. The Bertz CT molecular complexity index is 947. The predicted molar refractivity (Wildman–Crippen MR) is 84.6 cm³/mol. The summed E-state index contributed by atoms with van der Waals surface area (Å²) in [5, 5.41) is 5.13. The first-order chi connectivity index (χ1) is 10.9. The van der Waals surface area contributed by atoms with Crippen LogP contribution >= 0.6 is 0 Å².